The molecule has 0 bridgehead atoms. The zero-order valence-electron chi connectivity index (χ0n) is 22.8. The first kappa shape index (κ1) is 25.5. The Kier molecular flexibility index (Phi) is 6.35. The highest BCUT2D eigenvalue weighted by Crippen LogP contribution is 2.39. The lowest BCUT2D eigenvalue weighted by atomic mass is 9.91. The van der Waals surface area contributed by atoms with Gasteiger partial charge in [0.1, 0.15) is 17.8 Å². The van der Waals surface area contributed by atoms with E-state index >= 15 is 0 Å². The van der Waals surface area contributed by atoms with Crippen LogP contribution in [0.5, 0.6) is 5.75 Å². The van der Waals surface area contributed by atoms with Crippen LogP contribution in [-0.4, -0.2) is 46.0 Å². The van der Waals surface area contributed by atoms with Crippen LogP contribution in [0.15, 0.2) is 83.6 Å². The van der Waals surface area contributed by atoms with E-state index in [1.807, 2.05) is 47.1 Å². The van der Waals surface area contributed by atoms with E-state index in [4.69, 9.17) is 9.73 Å². The molecule has 1 aliphatic carbocycles. The van der Waals surface area contributed by atoms with Gasteiger partial charge in [0, 0.05) is 35.9 Å². The summed E-state index contributed by atoms with van der Waals surface area (Å²) in [4.78, 5) is 18.7. The number of carbonyl (C=O) groups excluding carboxylic acids is 1. The van der Waals surface area contributed by atoms with Gasteiger partial charge >= 0.3 is 7.55 Å². The lowest BCUT2D eigenvalue weighted by molar-refractivity contribution is -0.663. The molecule has 2 N–H and O–H groups in total. The summed E-state index contributed by atoms with van der Waals surface area (Å²) in [6, 6.07) is 18.2. The minimum atomic E-state index is -0.0943. The van der Waals surface area contributed by atoms with Gasteiger partial charge in [0.05, 0.1) is 19.3 Å². The first-order valence-corrected chi connectivity index (χ1v) is 14.2. The van der Waals surface area contributed by atoms with Crippen LogP contribution in [0.25, 0.3) is 11.4 Å². The van der Waals surface area contributed by atoms with Crippen LogP contribution in [0.4, 0.5) is 5.69 Å². The number of rotatable bonds is 7. The van der Waals surface area contributed by atoms with Gasteiger partial charge in [-0.1, -0.05) is 18.2 Å². The Morgan fingerprint density at radius 3 is 2.78 bits per heavy atom. The summed E-state index contributed by atoms with van der Waals surface area (Å²) in [7, 11) is 6.55. The average molecular weight is 561 g/mol. The zero-order chi connectivity index (χ0) is 28.1. The van der Waals surface area contributed by atoms with E-state index in [1.165, 1.54) is 19.8 Å². The number of nitrogens with zero attached hydrogens (tertiary/aromatic N) is 5. The van der Waals surface area contributed by atoms with Crippen LogP contribution in [0, 0.1) is 0 Å². The molecule has 7 rings (SSSR count). The molecule has 1 amide bonds. The molecule has 4 heterocycles. The number of allylic oxidation sites excluding steroid dienone is 1. The first-order valence-electron chi connectivity index (χ1n) is 13.6. The number of aromatic amines is 1. The summed E-state index contributed by atoms with van der Waals surface area (Å²) < 4.78 is 9.58. The highest BCUT2D eigenvalue weighted by molar-refractivity contribution is 7.27. The van der Waals surface area contributed by atoms with Gasteiger partial charge in [-0.3, -0.25) is 14.3 Å². The van der Waals surface area contributed by atoms with Gasteiger partial charge in [-0.2, -0.15) is 0 Å². The molecule has 4 aromatic rings. The van der Waals surface area contributed by atoms with Crippen LogP contribution in [0.2, 0.25) is 0 Å². The summed E-state index contributed by atoms with van der Waals surface area (Å²) >= 11 is 0. The molecule has 2 aliphatic heterocycles. The lowest BCUT2D eigenvalue weighted by Gasteiger charge is -2.28. The number of hydrogen-bond donors (Lipinski definition) is 2. The number of aromatic nitrogens is 4. The molecule has 9 nitrogen and oxygen atoms in total. The smallest absolute Gasteiger partial charge is 0.497 e. The van der Waals surface area contributed by atoms with Crippen molar-refractivity contribution in [2.24, 2.45) is 4.99 Å². The quantitative estimate of drug-likeness (QED) is 0.206. The molecule has 0 spiro atoms. The number of hydrogen-bond acceptors (Lipinski definition) is 4. The Bertz CT molecular complexity index is 1770. The Balaban J connectivity index is 1.29. The predicted molar refractivity (Wildman–Crippen MR) is 162 cm³/mol. The summed E-state index contributed by atoms with van der Waals surface area (Å²) in [5.41, 5.74) is 7.15. The van der Waals surface area contributed by atoms with Gasteiger partial charge in [-0.05, 0) is 76.9 Å². The summed E-state index contributed by atoms with van der Waals surface area (Å²) in [5.74, 6) is 3.07. The largest absolute Gasteiger partial charge is 0.503 e. The van der Waals surface area contributed by atoms with E-state index in [-0.39, 0.29) is 5.91 Å². The molecule has 1 saturated carbocycles. The molecule has 11 heteroatoms. The standard InChI is InChI=1S/C30H28BN7O2P/c1-18(39)33-22-7-5-20(6-8-22)30-25-10-13-28(32-16-21-15-23(40-2)9-12-27(21)41)37(25)31-38-26(30)11-14-29(38)36-17-24(34-35-36)19-3-4-19/h5-15,17,19H,3-4,16,41H2,1-2H3,(H,32,33,39)/p+1. The van der Waals surface area contributed by atoms with E-state index in [9.17, 15) is 4.79 Å². The molecule has 2 aromatic heterocycles. The van der Waals surface area contributed by atoms with Crippen LogP contribution < -0.4 is 20.0 Å². The number of fused-ring (bicyclic) bond motifs is 2. The number of aliphatic imine (C=N–C) groups is 1. The van der Waals surface area contributed by atoms with Crippen molar-refractivity contribution in [1.29, 1.82) is 0 Å². The Morgan fingerprint density at radius 1 is 1.20 bits per heavy atom. The fraction of sp³-hybridized carbons (Fsp3) is 0.200. The highest BCUT2D eigenvalue weighted by atomic mass is 31.0. The van der Waals surface area contributed by atoms with Crippen LogP contribution in [0.1, 0.15) is 48.2 Å². The molecule has 1 unspecified atom stereocenters. The summed E-state index contributed by atoms with van der Waals surface area (Å²) in [5, 5.41) is 11.7. The second-order valence-electron chi connectivity index (χ2n) is 10.4. The maximum absolute atomic E-state index is 11.6. The molecular formula is C30H29BN7O2P+. The number of amidine groups is 1. The number of anilines is 1. The number of amides is 1. The van der Waals surface area contributed by atoms with Crippen LogP contribution in [-0.2, 0) is 11.3 Å². The highest BCUT2D eigenvalue weighted by Gasteiger charge is 2.37. The molecule has 1 atom stereocenters. The molecule has 1 radical (unpaired) electrons. The zero-order valence-corrected chi connectivity index (χ0v) is 24.0. The third-order valence-corrected chi connectivity index (χ3v) is 8.15. The van der Waals surface area contributed by atoms with Crippen molar-refractivity contribution in [2.75, 3.05) is 12.4 Å². The Labute approximate surface area is 241 Å². The number of nitrogens with one attached hydrogen (secondary N) is 2. The number of benzene rings is 2. The van der Waals surface area contributed by atoms with Gasteiger partial charge in [0.2, 0.25) is 11.7 Å². The number of carbonyl (C=O) groups is 1. The second-order valence-corrected chi connectivity index (χ2v) is 11.1. The van der Waals surface area contributed by atoms with Crippen molar-refractivity contribution in [3.63, 3.8) is 0 Å². The van der Waals surface area contributed by atoms with Gasteiger partial charge in [0.15, 0.2) is 5.69 Å². The van der Waals surface area contributed by atoms with Crippen molar-refractivity contribution in [2.45, 2.75) is 32.2 Å². The van der Waals surface area contributed by atoms with Crippen molar-refractivity contribution >= 4 is 45.1 Å². The molecule has 2 aromatic carbocycles. The van der Waals surface area contributed by atoms with Crippen molar-refractivity contribution in [3.8, 4) is 11.6 Å². The van der Waals surface area contributed by atoms with E-state index in [1.54, 1.807) is 7.11 Å². The third kappa shape index (κ3) is 4.78. The van der Waals surface area contributed by atoms with Gasteiger partial charge < -0.3 is 14.9 Å². The van der Waals surface area contributed by atoms with Gasteiger partial charge in [0.25, 0.3) is 0 Å². The molecule has 0 saturated heterocycles. The fourth-order valence-corrected chi connectivity index (χ4v) is 5.59. The van der Waals surface area contributed by atoms with Crippen LogP contribution >= 0.6 is 9.24 Å². The SMILES string of the molecule is COc1ccc(P)c(CN=C2C=CC3=C(c4ccc(NC(C)=O)cc4)c4ccc(-[n+]5cc(C6CC6)n[nH]5)n4[B]N23)c1. The number of ether oxygens (including phenoxy) is 1. The van der Waals surface area contributed by atoms with E-state index in [2.05, 4.69) is 72.2 Å². The Morgan fingerprint density at radius 2 is 2.02 bits per heavy atom. The topological polar surface area (TPSA) is 91.4 Å². The Hall–Kier alpha value is -4.43. The van der Waals surface area contributed by atoms with Crippen molar-refractivity contribution < 1.29 is 14.2 Å². The van der Waals surface area contributed by atoms with E-state index < -0.39 is 0 Å². The predicted octanol–water partition coefficient (Wildman–Crippen LogP) is 3.46. The fourth-order valence-electron chi connectivity index (χ4n) is 5.32. The summed E-state index contributed by atoms with van der Waals surface area (Å²) in [6.07, 6.45) is 8.65. The lowest BCUT2D eigenvalue weighted by Crippen LogP contribution is -2.43. The molecule has 203 valence electrons. The van der Waals surface area contributed by atoms with Crippen molar-refractivity contribution in [1.82, 2.24) is 19.6 Å². The molecule has 1 fully saturated rings. The van der Waals surface area contributed by atoms with E-state index in [0.29, 0.717) is 12.5 Å². The molecule has 3 aliphatic rings. The van der Waals surface area contributed by atoms with Crippen molar-refractivity contribution in [3.05, 3.63) is 101 Å². The minimum absolute atomic E-state index is 0.0943. The second kappa shape index (κ2) is 10.2. The van der Waals surface area contributed by atoms with Gasteiger partial charge in [-0.15, -0.1) is 19.1 Å². The number of H-pyrrole nitrogens is 1. The maximum Gasteiger partial charge on any atom is 0.503 e. The minimum Gasteiger partial charge on any atom is -0.497 e. The maximum atomic E-state index is 11.6. The first-order chi connectivity index (χ1) is 20.0. The molecular weight excluding hydrogens is 532 g/mol. The third-order valence-electron chi connectivity index (χ3n) is 7.58. The van der Waals surface area contributed by atoms with E-state index in [0.717, 1.165) is 62.2 Å². The summed E-state index contributed by atoms with van der Waals surface area (Å²) in [6.45, 7) is 2.03. The monoisotopic (exact) mass is 561 g/mol. The number of methoxy groups -OCH3 is 1. The normalized spacial score (nSPS) is 16.6. The molecule has 41 heavy (non-hydrogen) atoms. The average Bonchev–Trinajstić information content (AvgIpc) is 3.36. The van der Waals surface area contributed by atoms with Gasteiger partial charge in [-0.25, -0.2) is 0 Å². The van der Waals surface area contributed by atoms with Crippen LogP contribution in [0.3, 0.4) is 0 Å².